The molecule has 0 spiro atoms. The van der Waals surface area contributed by atoms with Crippen LogP contribution in [0.3, 0.4) is 0 Å². The van der Waals surface area contributed by atoms with Gasteiger partial charge in [0.15, 0.2) is 0 Å². The number of fused-ring (bicyclic) bond motifs is 1. The van der Waals surface area contributed by atoms with Gasteiger partial charge in [-0.05, 0) is 36.8 Å². The number of imidazole rings is 1. The number of ether oxygens (including phenoxy) is 1. The molecular weight excluding hydrogens is 302 g/mol. The predicted molar refractivity (Wildman–Crippen MR) is 96.4 cm³/mol. The van der Waals surface area contributed by atoms with Crippen LogP contribution in [0.1, 0.15) is 12.5 Å². The monoisotopic (exact) mass is 325 g/mol. The Kier molecular flexibility index (Phi) is 4.71. The first-order chi connectivity index (χ1) is 11.6. The van der Waals surface area contributed by atoms with E-state index in [0.717, 1.165) is 28.9 Å². The molecule has 0 unspecified atom stereocenters. The summed E-state index contributed by atoms with van der Waals surface area (Å²) in [5.74, 6) is 0.881. The zero-order valence-electron chi connectivity index (χ0n) is 14.3. The third kappa shape index (κ3) is 3.36. The second-order valence-electron chi connectivity index (χ2n) is 6.13. The van der Waals surface area contributed by atoms with Gasteiger partial charge in [0, 0.05) is 26.7 Å². The van der Waals surface area contributed by atoms with Crippen molar-refractivity contribution in [3.05, 3.63) is 64.6 Å². The number of hydrogen-bond acceptors (Lipinski definition) is 3. The normalized spacial score (nSPS) is 12.5. The summed E-state index contributed by atoms with van der Waals surface area (Å²) in [6, 6.07) is 16.2. The molecule has 5 nitrogen and oxygen atoms in total. The molecule has 3 rings (SSSR count). The van der Waals surface area contributed by atoms with Crippen molar-refractivity contribution in [3.8, 4) is 5.75 Å². The van der Waals surface area contributed by atoms with Crippen molar-refractivity contribution >= 4 is 11.0 Å². The minimum absolute atomic E-state index is 0.000242. The third-order valence-electron chi connectivity index (χ3n) is 4.23. The summed E-state index contributed by atoms with van der Waals surface area (Å²) in [5, 5.41) is 3.46. The number of aryl methyl sites for hydroxylation is 2. The smallest absolute Gasteiger partial charge is 0.328 e. The lowest BCUT2D eigenvalue weighted by Crippen LogP contribution is -2.31. The molecule has 0 saturated carbocycles. The first-order valence-electron chi connectivity index (χ1n) is 8.12. The second kappa shape index (κ2) is 6.93. The van der Waals surface area contributed by atoms with Gasteiger partial charge in [-0.25, -0.2) is 4.79 Å². The number of para-hydroxylation sites is 1. The van der Waals surface area contributed by atoms with E-state index in [4.69, 9.17) is 4.74 Å². The van der Waals surface area contributed by atoms with Crippen molar-refractivity contribution < 1.29 is 4.74 Å². The molecule has 24 heavy (non-hydrogen) atoms. The Bertz CT molecular complexity index is 881. The second-order valence-corrected chi connectivity index (χ2v) is 6.13. The van der Waals surface area contributed by atoms with Gasteiger partial charge in [0.2, 0.25) is 0 Å². The largest absolute Gasteiger partial charge is 0.492 e. The molecule has 1 atom stereocenters. The molecule has 1 aromatic heterocycles. The van der Waals surface area contributed by atoms with E-state index in [-0.39, 0.29) is 11.7 Å². The molecule has 1 N–H and O–H groups in total. The quantitative estimate of drug-likeness (QED) is 0.757. The molecule has 0 radical (unpaired) electrons. The van der Waals surface area contributed by atoms with Crippen molar-refractivity contribution in [3.63, 3.8) is 0 Å². The average Bonchev–Trinajstić information content (AvgIpc) is 2.83. The summed E-state index contributed by atoms with van der Waals surface area (Å²) in [4.78, 5) is 12.0. The van der Waals surface area contributed by atoms with Crippen molar-refractivity contribution in [2.24, 2.45) is 14.1 Å². The number of nitrogens with zero attached hydrogens (tertiary/aromatic N) is 2. The van der Waals surface area contributed by atoms with Gasteiger partial charge >= 0.3 is 5.69 Å². The summed E-state index contributed by atoms with van der Waals surface area (Å²) in [7, 11) is 3.60. The fraction of sp³-hybridized carbons (Fsp3) is 0.316. The van der Waals surface area contributed by atoms with Crippen molar-refractivity contribution in [1.29, 1.82) is 0 Å². The summed E-state index contributed by atoms with van der Waals surface area (Å²) in [6.07, 6.45) is 0. The Balaban J connectivity index is 1.61. The molecule has 5 heteroatoms. The van der Waals surface area contributed by atoms with Gasteiger partial charge in [-0.2, -0.15) is 0 Å². The van der Waals surface area contributed by atoms with Crippen molar-refractivity contribution in [2.45, 2.75) is 19.5 Å². The number of hydrogen-bond donors (Lipinski definition) is 1. The molecule has 0 aliphatic rings. The Morgan fingerprint density at radius 2 is 1.75 bits per heavy atom. The van der Waals surface area contributed by atoms with E-state index in [0.29, 0.717) is 6.61 Å². The van der Waals surface area contributed by atoms with Gasteiger partial charge in [-0.1, -0.05) is 24.3 Å². The molecule has 0 aliphatic carbocycles. The van der Waals surface area contributed by atoms with Gasteiger partial charge in [0.25, 0.3) is 0 Å². The van der Waals surface area contributed by atoms with Gasteiger partial charge in [0.05, 0.1) is 11.0 Å². The van der Waals surface area contributed by atoms with Crippen LogP contribution in [0.25, 0.3) is 11.0 Å². The summed E-state index contributed by atoms with van der Waals surface area (Å²) < 4.78 is 9.10. The van der Waals surface area contributed by atoms with E-state index in [9.17, 15) is 4.79 Å². The van der Waals surface area contributed by atoms with E-state index >= 15 is 0 Å². The Morgan fingerprint density at radius 1 is 1.04 bits per heavy atom. The molecule has 126 valence electrons. The van der Waals surface area contributed by atoms with E-state index in [1.807, 2.05) is 36.4 Å². The van der Waals surface area contributed by atoms with Gasteiger partial charge in [-0.15, -0.1) is 0 Å². The Labute approximate surface area is 141 Å². The molecule has 0 bridgehead atoms. The van der Waals surface area contributed by atoms with Crippen LogP contribution in [-0.2, 0) is 20.6 Å². The predicted octanol–water partition coefficient (Wildman–Crippen LogP) is 2.43. The molecule has 0 fully saturated rings. The molecular formula is C19H23N3O2. The third-order valence-corrected chi connectivity index (χ3v) is 4.23. The van der Waals surface area contributed by atoms with E-state index in [1.54, 1.807) is 23.2 Å². The number of nitrogens with one attached hydrogen (secondary N) is 1. The fourth-order valence-electron chi connectivity index (χ4n) is 2.75. The van der Waals surface area contributed by atoms with Crippen LogP contribution in [-0.4, -0.2) is 21.8 Å². The van der Waals surface area contributed by atoms with Gasteiger partial charge < -0.3 is 10.1 Å². The number of rotatable bonds is 6. The van der Waals surface area contributed by atoms with Crippen LogP contribution >= 0.6 is 0 Å². The van der Waals surface area contributed by atoms with Crippen molar-refractivity contribution in [1.82, 2.24) is 14.5 Å². The zero-order valence-corrected chi connectivity index (χ0v) is 14.3. The lowest BCUT2D eigenvalue weighted by Gasteiger charge is -2.15. The Hall–Kier alpha value is -2.53. The minimum Gasteiger partial charge on any atom is -0.492 e. The fourth-order valence-corrected chi connectivity index (χ4v) is 2.75. The van der Waals surface area contributed by atoms with E-state index in [1.165, 1.54) is 0 Å². The minimum atomic E-state index is -0.000242. The first kappa shape index (κ1) is 16.3. The lowest BCUT2D eigenvalue weighted by atomic mass is 10.2. The van der Waals surface area contributed by atoms with Crippen LogP contribution in [0, 0.1) is 0 Å². The highest BCUT2D eigenvalue weighted by molar-refractivity contribution is 5.76. The molecule has 2 aromatic carbocycles. The summed E-state index contributed by atoms with van der Waals surface area (Å²) in [5.41, 5.74) is 3.05. The number of benzene rings is 2. The highest BCUT2D eigenvalue weighted by Crippen LogP contribution is 2.14. The molecule has 0 aliphatic heterocycles. The van der Waals surface area contributed by atoms with Crippen LogP contribution < -0.4 is 15.7 Å². The molecule has 1 heterocycles. The maximum Gasteiger partial charge on any atom is 0.328 e. The van der Waals surface area contributed by atoms with Crippen LogP contribution in [0.15, 0.2) is 53.3 Å². The SMILES string of the molecule is C[C@@H](COc1ccccc1)NCc1ccc2c(c1)n(C)c(=O)n2C. The summed E-state index contributed by atoms with van der Waals surface area (Å²) in [6.45, 7) is 3.44. The Morgan fingerprint density at radius 3 is 2.50 bits per heavy atom. The average molecular weight is 325 g/mol. The van der Waals surface area contributed by atoms with Gasteiger partial charge in [-0.3, -0.25) is 9.13 Å². The lowest BCUT2D eigenvalue weighted by molar-refractivity contribution is 0.272. The molecule has 3 aromatic rings. The highest BCUT2D eigenvalue weighted by Gasteiger charge is 2.09. The van der Waals surface area contributed by atoms with Crippen molar-refractivity contribution in [2.75, 3.05) is 6.61 Å². The molecule has 0 amide bonds. The standard InChI is InChI=1S/C19H23N3O2/c1-14(13-24-16-7-5-4-6-8-16)20-12-15-9-10-17-18(11-15)22(3)19(23)21(17)2/h4-11,14,20H,12-13H2,1-3H3/t14-/m0/s1. The van der Waals surface area contributed by atoms with E-state index in [2.05, 4.69) is 24.4 Å². The van der Waals surface area contributed by atoms with Crippen LogP contribution in [0.2, 0.25) is 0 Å². The zero-order chi connectivity index (χ0) is 17.1. The summed E-state index contributed by atoms with van der Waals surface area (Å²) >= 11 is 0. The van der Waals surface area contributed by atoms with Crippen LogP contribution in [0.4, 0.5) is 0 Å². The van der Waals surface area contributed by atoms with Crippen LogP contribution in [0.5, 0.6) is 5.75 Å². The topological polar surface area (TPSA) is 48.2 Å². The van der Waals surface area contributed by atoms with E-state index < -0.39 is 0 Å². The molecule has 0 saturated heterocycles. The maximum absolute atomic E-state index is 12.0. The maximum atomic E-state index is 12.0. The van der Waals surface area contributed by atoms with Gasteiger partial charge in [0.1, 0.15) is 12.4 Å². The highest BCUT2D eigenvalue weighted by atomic mass is 16.5. The first-order valence-corrected chi connectivity index (χ1v) is 8.12. The number of aromatic nitrogens is 2.